The molecule has 4 rings (SSSR count). The van der Waals surface area contributed by atoms with Crippen LogP contribution in [0.25, 0.3) is 0 Å². The molecule has 0 atom stereocenters. The average Bonchev–Trinajstić information content (AvgIpc) is 3.26. The Bertz CT molecular complexity index is 1100. The van der Waals surface area contributed by atoms with Crippen LogP contribution in [0.3, 0.4) is 0 Å². The summed E-state index contributed by atoms with van der Waals surface area (Å²) in [5.41, 5.74) is 2.26. The van der Waals surface area contributed by atoms with Crippen LogP contribution in [0.15, 0.2) is 53.7 Å². The molecule has 180 valence electrons. The molecule has 0 spiro atoms. The number of nitrogens with zero attached hydrogens (tertiary/aromatic N) is 5. The molecule has 1 saturated heterocycles. The van der Waals surface area contributed by atoms with Crippen LogP contribution in [0.2, 0.25) is 10.0 Å². The van der Waals surface area contributed by atoms with Crippen molar-refractivity contribution in [2.75, 3.05) is 36.8 Å². The van der Waals surface area contributed by atoms with Gasteiger partial charge in [-0.25, -0.2) is 0 Å². The van der Waals surface area contributed by atoms with Gasteiger partial charge in [0.1, 0.15) is 5.82 Å². The van der Waals surface area contributed by atoms with Gasteiger partial charge in [-0.05, 0) is 36.8 Å². The first kappa shape index (κ1) is 25.2. The van der Waals surface area contributed by atoms with Gasteiger partial charge in [0, 0.05) is 54.2 Å². The van der Waals surface area contributed by atoms with Crippen molar-refractivity contribution in [2.24, 2.45) is 0 Å². The highest BCUT2D eigenvalue weighted by Crippen LogP contribution is 2.27. The van der Waals surface area contributed by atoms with E-state index in [1.807, 2.05) is 35.2 Å². The SMILES string of the molecule is CCn1c(CSCc2ccc(Cl)cc2Cl)nnc1SCC(=O)N1CCN(c2ccccc2)CC1. The number of hydrogen-bond donors (Lipinski definition) is 0. The second-order valence-corrected chi connectivity index (χ2v) is 10.6. The predicted molar refractivity (Wildman–Crippen MR) is 143 cm³/mol. The molecular formula is C24H27Cl2N5OS2. The first-order valence-electron chi connectivity index (χ1n) is 11.2. The molecule has 0 N–H and O–H groups in total. The molecule has 0 bridgehead atoms. The van der Waals surface area contributed by atoms with Gasteiger partial charge < -0.3 is 14.4 Å². The van der Waals surface area contributed by atoms with Crippen molar-refractivity contribution in [2.45, 2.75) is 30.1 Å². The van der Waals surface area contributed by atoms with Crippen molar-refractivity contribution in [3.63, 3.8) is 0 Å². The molecule has 1 aromatic heterocycles. The van der Waals surface area contributed by atoms with Gasteiger partial charge in [0.05, 0.1) is 11.5 Å². The van der Waals surface area contributed by atoms with Crippen LogP contribution in [0.5, 0.6) is 0 Å². The zero-order valence-electron chi connectivity index (χ0n) is 19.0. The molecule has 1 aliphatic rings. The quantitative estimate of drug-likeness (QED) is 0.338. The largest absolute Gasteiger partial charge is 0.368 e. The van der Waals surface area contributed by atoms with Crippen LogP contribution in [0.4, 0.5) is 5.69 Å². The number of anilines is 1. The molecule has 34 heavy (non-hydrogen) atoms. The zero-order chi connectivity index (χ0) is 23.9. The van der Waals surface area contributed by atoms with E-state index in [4.69, 9.17) is 23.2 Å². The molecule has 0 unspecified atom stereocenters. The first-order chi connectivity index (χ1) is 16.5. The third-order valence-corrected chi connectivity index (χ3v) is 8.21. The molecular weight excluding hydrogens is 509 g/mol. The molecule has 2 aromatic carbocycles. The van der Waals surface area contributed by atoms with E-state index in [-0.39, 0.29) is 5.91 Å². The summed E-state index contributed by atoms with van der Waals surface area (Å²) >= 11 is 15.4. The summed E-state index contributed by atoms with van der Waals surface area (Å²) in [6.07, 6.45) is 0. The topological polar surface area (TPSA) is 54.3 Å². The summed E-state index contributed by atoms with van der Waals surface area (Å²) in [7, 11) is 0. The lowest BCUT2D eigenvalue weighted by Gasteiger charge is -2.36. The third-order valence-electron chi connectivity index (χ3n) is 5.69. The number of carbonyl (C=O) groups is 1. The molecule has 3 aromatic rings. The van der Waals surface area contributed by atoms with Crippen molar-refractivity contribution in [1.82, 2.24) is 19.7 Å². The Labute approximate surface area is 219 Å². The van der Waals surface area contributed by atoms with E-state index in [9.17, 15) is 4.79 Å². The van der Waals surface area contributed by atoms with Crippen molar-refractivity contribution in [1.29, 1.82) is 0 Å². The molecule has 1 amide bonds. The molecule has 6 nitrogen and oxygen atoms in total. The second kappa shape index (κ2) is 12.2. The van der Waals surface area contributed by atoms with Crippen LogP contribution in [-0.4, -0.2) is 57.5 Å². The monoisotopic (exact) mass is 535 g/mol. The fourth-order valence-electron chi connectivity index (χ4n) is 3.81. The maximum atomic E-state index is 12.8. The Kier molecular flexibility index (Phi) is 9.05. The van der Waals surface area contributed by atoms with E-state index >= 15 is 0 Å². The van der Waals surface area contributed by atoms with Crippen LogP contribution < -0.4 is 4.90 Å². The molecule has 1 fully saturated rings. The fraction of sp³-hybridized carbons (Fsp3) is 0.375. The Balaban J connectivity index is 1.26. The summed E-state index contributed by atoms with van der Waals surface area (Å²) in [4.78, 5) is 17.1. The summed E-state index contributed by atoms with van der Waals surface area (Å²) < 4.78 is 2.09. The Morgan fingerprint density at radius 2 is 1.76 bits per heavy atom. The maximum absolute atomic E-state index is 12.8. The van der Waals surface area contributed by atoms with Gasteiger partial charge in [-0.1, -0.05) is 59.2 Å². The van der Waals surface area contributed by atoms with Crippen molar-refractivity contribution < 1.29 is 4.79 Å². The number of rotatable bonds is 9. The third kappa shape index (κ3) is 6.42. The van der Waals surface area contributed by atoms with Gasteiger partial charge in [-0.2, -0.15) is 0 Å². The average molecular weight is 537 g/mol. The standard InChI is InChI=1S/C24H27Cl2N5OS2/c1-2-31-22(16-33-15-18-8-9-19(25)14-21(18)26)27-28-24(31)34-17-23(32)30-12-10-29(11-13-30)20-6-4-3-5-7-20/h3-9,14H,2,10-13,15-17H2,1H3. The molecule has 1 aliphatic heterocycles. The van der Waals surface area contributed by atoms with Gasteiger partial charge in [0.2, 0.25) is 5.91 Å². The van der Waals surface area contributed by atoms with Gasteiger partial charge in [0.25, 0.3) is 0 Å². The number of benzene rings is 2. The molecule has 0 radical (unpaired) electrons. The Morgan fingerprint density at radius 3 is 2.47 bits per heavy atom. The lowest BCUT2D eigenvalue weighted by molar-refractivity contribution is -0.128. The molecule has 0 saturated carbocycles. The number of hydrogen-bond acceptors (Lipinski definition) is 6. The normalized spacial score (nSPS) is 14.0. The smallest absolute Gasteiger partial charge is 0.233 e. The Morgan fingerprint density at radius 1 is 1.00 bits per heavy atom. The molecule has 10 heteroatoms. The van der Waals surface area contributed by atoms with E-state index in [0.717, 1.165) is 60.8 Å². The number of aromatic nitrogens is 3. The highest BCUT2D eigenvalue weighted by Gasteiger charge is 2.22. The number of halogens is 2. The second-order valence-electron chi connectivity index (χ2n) is 7.86. The van der Waals surface area contributed by atoms with Gasteiger partial charge in [-0.15, -0.1) is 22.0 Å². The highest BCUT2D eigenvalue weighted by molar-refractivity contribution is 7.99. The van der Waals surface area contributed by atoms with Crippen LogP contribution in [-0.2, 0) is 22.8 Å². The number of amides is 1. The number of carbonyl (C=O) groups excluding carboxylic acids is 1. The number of piperazine rings is 1. The van der Waals surface area contributed by atoms with E-state index in [1.54, 1.807) is 17.8 Å². The minimum Gasteiger partial charge on any atom is -0.368 e. The van der Waals surface area contributed by atoms with E-state index in [0.29, 0.717) is 15.8 Å². The van der Waals surface area contributed by atoms with Crippen molar-refractivity contribution in [3.8, 4) is 0 Å². The van der Waals surface area contributed by atoms with Crippen LogP contribution in [0, 0.1) is 0 Å². The van der Waals surface area contributed by atoms with Crippen molar-refractivity contribution >= 4 is 58.3 Å². The van der Waals surface area contributed by atoms with E-state index in [1.165, 1.54) is 17.4 Å². The fourth-order valence-corrected chi connectivity index (χ4v) is 6.26. The number of para-hydroxylation sites is 1. The number of thioether (sulfide) groups is 2. The van der Waals surface area contributed by atoms with E-state index < -0.39 is 0 Å². The minimum absolute atomic E-state index is 0.150. The van der Waals surface area contributed by atoms with Crippen molar-refractivity contribution in [3.05, 3.63) is 70.0 Å². The highest BCUT2D eigenvalue weighted by atomic mass is 35.5. The molecule has 0 aliphatic carbocycles. The summed E-state index contributed by atoms with van der Waals surface area (Å²) in [5.74, 6) is 2.91. The predicted octanol–water partition coefficient (Wildman–Crippen LogP) is 5.48. The molecule has 2 heterocycles. The van der Waals surface area contributed by atoms with Gasteiger partial charge in [-0.3, -0.25) is 4.79 Å². The minimum atomic E-state index is 0.150. The Hall–Kier alpha value is -1.87. The zero-order valence-corrected chi connectivity index (χ0v) is 22.1. The van der Waals surface area contributed by atoms with Gasteiger partial charge in [0.15, 0.2) is 5.16 Å². The summed E-state index contributed by atoms with van der Waals surface area (Å²) in [5, 5.41) is 10.8. The summed E-state index contributed by atoms with van der Waals surface area (Å²) in [6.45, 7) is 6.02. The summed E-state index contributed by atoms with van der Waals surface area (Å²) in [6, 6.07) is 15.9. The lowest BCUT2D eigenvalue weighted by atomic mass is 10.2. The van der Waals surface area contributed by atoms with Crippen LogP contribution >= 0.6 is 46.7 Å². The first-order valence-corrected chi connectivity index (χ1v) is 14.1. The van der Waals surface area contributed by atoms with E-state index in [2.05, 4.69) is 38.7 Å². The van der Waals surface area contributed by atoms with Gasteiger partial charge >= 0.3 is 0 Å². The van der Waals surface area contributed by atoms with Crippen LogP contribution in [0.1, 0.15) is 18.3 Å². The maximum Gasteiger partial charge on any atom is 0.233 e. The lowest BCUT2D eigenvalue weighted by Crippen LogP contribution is -2.49.